The van der Waals surface area contributed by atoms with E-state index in [0.29, 0.717) is 23.1 Å². The average Bonchev–Trinajstić information content (AvgIpc) is 2.55. The predicted molar refractivity (Wildman–Crippen MR) is 88.3 cm³/mol. The molecule has 0 bridgehead atoms. The van der Waals surface area contributed by atoms with E-state index in [0.717, 1.165) is 16.9 Å². The van der Waals surface area contributed by atoms with Gasteiger partial charge in [0.2, 0.25) is 0 Å². The highest BCUT2D eigenvalue weighted by Gasteiger charge is 2.08. The highest BCUT2D eigenvalue weighted by molar-refractivity contribution is 5.79. The van der Waals surface area contributed by atoms with Crippen LogP contribution >= 0.6 is 0 Å². The molecule has 0 unspecified atom stereocenters. The fourth-order valence-corrected chi connectivity index (χ4v) is 2.46. The lowest BCUT2D eigenvalue weighted by molar-refractivity contribution is 0.411. The molecule has 0 saturated carbocycles. The Morgan fingerprint density at radius 3 is 2.86 bits per heavy atom. The quantitative estimate of drug-likeness (QED) is 0.750. The van der Waals surface area contributed by atoms with Crippen molar-refractivity contribution in [1.82, 2.24) is 9.97 Å². The molecule has 1 aromatic heterocycles. The van der Waals surface area contributed by atoms with Gasteiger partial charge in [0.25, 0.3) is 5.56 Å². The Morgan fingerprint density at radius 2 is 2.09 bits per heavy atom. The van der Waals surface area contributed by atoms with Crippen LogP contribution in [0, 0.1) is 0 Å². The Labute approximate surface area is 128 Å². The van der Waals surface area contributed by atoms with Gasteiger partial charge in [-0.2, -0.15) is 0 Å². The molecule has 0 fully saturated rings. The molecule has 110 valence electrons. The van der Waals surface area contributed by atoms with Gasteiger partial charge < -0.3 is 9.72 Å². The predicted octanol–water partition coefficient (Wildman–Crippen LogP) is 3.33. The number of ether oxygens (including phenoxy) is 1. The van der Waals surface area contributed by atoms with Crippen LogP contribution in [0.1, 0.15) is 5.56 Å². The lowest BCUT2D eigenvalue weighted by Crippen LogP contribution is -2.09. The van der Waals surface area contributed by atoms with E-state index < -0.39 is 0 Å². The number of rotatable bonds is 4. The van der Waals surface area contributed by atoms with E-state index in [2.05, 4.69) is 16.5 Å². The number of aromatic amines is 1. The second-order valence-electron chi connectivity index (χ2n) is 4.95. The molecule has 0 aliphatic heterocycles. The molecule has 1 N–H and O–H groups in total. The third-order valence-corrected chi connectivity index (χ3v) is 3.53. The van der Waals surface area contributed by atoms with E-state index in [1.807, 2.05) is 42.5 Å². The molecule has 0 spiro atoms. The maximum Gasteiger partial charge on any atom is 0.259 e. The molecular weight excluding hydrogens is 276 g/mol. The number of para-hydroxylation sites is 1. The van der Waals surface area contributed by atoms with Crippen molar-refractivity contribution in [3.8, 4) is 17.1 Å². The normalized spacial score (nSPS) is 10.6. The molecule has 22 heavy (non-hydrogen) atoms. The van der Waals surface area contributed by atoms with Crippen LogP contribution in [-0.2, 0) is 6.42 Å². The van der Waals surface area contributed by atoms with Gasteiger partial charge in [-0.3, -0.25) is 4.79 Å². The summed E-state index contributed by atoms with van der Waals surface area (Å²) in [7, 11) is 1.64. The topological polar surface area (TPSA) is 55.0 Å². The van der Waals surface area contributed by atoms with Crippen molar-refractivity contribution in [3.05, 3.63) is 71.0 Å². The molecule has 3 aromatic rings. The van der Waals surface area contributed by atoms with Crippen LogP contribution in [0.15, 0.2) is 59.9 Å². The molecule has 0 amide bonds. The molecule has 3 rings (SSSR count). The molecule has 0 aliphatic rings. The van der Waals surface area contributed by atoms with E-state index in [4.69, 9.17) is 4.74 Å². The average molecular weight is 292 g/mol. The van der Waals surface area contributed by atoms with Gasteiger partial charge >= 0.3 is 0 Å². The number of benzene rings is 2. The first-order chi connectivity index (χ1) is 10.7. The molecular formula is C18H16N2O2. The summed E-state index contributed by atoms with van der Waals surface area (Å²) in [5.41, 5.74) is 2.40. The van der Waals surface area contributed by atoms with Crippen molar-refractivity contribution in [2.24, 2.45) is 0 Å². The monoisotopic (exact) mass is 292 g/mol. The van der Waals surface area contributed by atoms with Crippen LogP contribution in [0.5, 0.6) is 5.75 Å². The summed E-state index contributed by atoms with van der Waals surface area (Å²) in [6.07, 6.45) is 2.51. The fourth-order valence-electron chi connectivity index (χ4n) is 2.46. The van der Waals surface area contributed by atoms with Crippen molar-refractivity contribution in [2.45, 2.75) is 6.42 Å². The van der Waals surface area contributed by atoms with Crippen molar-refractivity contribution in [3.63, 3.8) is 0 Å². The van der Waals surface area contributed by atoms with E-state index in [9.17, 15) is 4.79 Å². The standard InChI is InChI=1S/C18H16N2O2/c1-3-6-12-11-13(9-10-16(12)22-2)17-19-15-8-5-4-7-14(15)18(21)20-17/h3-5,7-11H,1,6H2,2H3,(H,19,20,21). The first-order valence-electron chi connectivity index (χ1n) is 7.00. The second-order valence-corrected chi connectivity index (χ2v) is 4.95. The van der Waals surface area contributed by atoms with Crippen molar-refractivity contribution < 1.29 is 4.74 Å². The largest absolute Gasteiger partial charge is 0.496 e. The van der Waals surface area contributed by atoms with Gasteiger partial charge in [-0.25, -0.2) is 4.98 Å². The Balaban J connectivity index is 2.16. The summed E-state index contributed by atoms with van der Waals surface area (Å²) >= 11 is 0. The number of H-pyrrole nitrogens is 1. The summed E-state index contributed by atoms with van der Waals surface area (Å²) in [5.74, 6) is 1.35. The fraction of sp³-hybridized carbons (Fsp3) is 0.111. The summed E-state index contributed by atoms with van der Waals surface area (Å²) in [6, 6.07) is 13.0. The number of hydrogen-bond acceptors (Lipinski definition) is 3. The zero-order valence-electron chi connectivity index (χ0n) is 12.3. The summed E-state index contributed by atoms with van der Waals surface area (Å²) in [5, 5.41) is 0.589. The van der Waals surface area contributed by atoms with E-state index in [-0.39, 0.29) is 5.56 Å². The van der Waals surface area contributed by atoms with Gasteiger partial charge in [0.05, 0.1) is 18.0 Å². The molecule has 4 heteroatoms. The smallest absolute Gasteiger partial charge is 0.259 e. The number of fused-ring (bicyclic) bond motifs is 1. The van der Waals surface area contributed by atoms with Crippen LogP contribution in [-0.4, -0.2) is 17.1 Å². The van der Waals surface area contributed by atoms with Crippen molar-refractivity contribution >= 4 is 10.9 Å². The van der Waals surface area contributed by atoms with Crippen LogP contribution in [0.3, 0.4) is 0 Å². The Morgan fingerprint density at radius 1 is 1.27 bits per heavy atom. The second kappa shape index (κ2) is 5.85. The lowest BCUT2D eigenvalue weighted by Gasteiger charge is -2.09. The highest BCUT2D eigenvalue weighted by Crippen LogP contribution is 2.25. The minimum absolute atomic E-state index is 0.137. The highest BCUT2D eigenvalue weighted by atomic mass is 16.5. The number of nitrogens with one attached hydrogen (secondary N) is 1. The minimum atomic E-state index is -0.137. The third-order valence-electron chi connectivity index (χ3n) is 3.53. The molecule has 0 radical (unpaired) electrons. The van der Waals surface area contributed by atoms with E-state index in [1.54, 1.807) is 13.2 Å². The Bertz CT molecular complexity index is 897. The van der Waals surface area contributed by atoms with Gasteiger partial charge in [-0.05, 0) is 42.3 Å². The van der Waals surface area contributed by atoms with Gasteiger partial charge in [0, 0.05) is 5.56 Å². The van der Waals surface area contributed by atoms with E-state index >= 15 is 0 Å². The summed E-state index contributed by atoms with van der Waals surface area (Å²) in [4.78, 5) is 19.6. The maximum atomic E-state index is 12.2. The molecule has 2 aromatic carbocycles. The number of methoxy groups -OCH3 is 1. The Hall–Kier alpha value is -2.88. The van der Waals surface area contributed by atoms with Crippen LogP contribution in [0.4, 0.5) is 0 Å². The summed E-state index contributed by atoms with van der Waals surface area (Å²) < 4.78 is 5.34. The van der Waals surface area contributed by atoms with Crippen molar-refractivity contribution in [1.29, 1.82) is 0 Å². The first kappa shape index (κ1) is 14.1. The van der Waals surface area contributed by atoms with E-state index in [1.165, 1.54) is 0 Å². The van der Waals surface area contributed by atoms with Gasteiger partial charge in [-0.15, -0.1) is 6.58 Å². The third kappa shape index (κ3) is 2.51. The van der Waals surface area contributed by atoms with Gasteiger partial charge in [0.15, 0.2) is 0 Å². The number of allylic oxidation sites excluding steroid dienone is 1. The number of aromatic nitrogens is 2. The van der Waals surface area contributed by atoms with Gasteiger partial charge in [0.1, 0.15) is 11.6 Å². The molecule has 0 atom stereocenters. The molecule has 0 saturated heterocycles. The summed E-state index contributed by atoms with van der Waals surface area (Å²) in [6.45, 7) is 3.76. The van der Waals surface area contributed by atoms with Crippen LogP contribution in [0.2, 0.25) is 0 Å². The Kier molecular flexibility index (Phi) is 3.74. The minimum Gasteiger partial charge on any atom is -0.496 e. The lowest BCUT2D eigenvalue weighted by atomic mass is 10.1. The number of nitrogens with zero attached hydrogens (tertiary/aromatic N) is 1. The molecule has 4 nitrogen and oxygen atoms in total. The van der Waals surface area contributed by atoms with Gasteiger partial charge in [-0.1, -0.05) is 18.2 Å². The molecule has 1 heterocycles. The van der Waals surface area contributed by atoms with Crippen LogP contribution < -0.4 is 10.3 Å². The van der Waals surface area contributed by atoms with Crippen LogP contribution in [0.25, 0.3) is 22.3 Å². The zero-order chi connectivity index (χ0) is 15.5. The van der Waals surface area contributed by atoms with Crippen molar-refractivity contribution in [2.75, 3.05) is 7.11 Å². The SMILES string of the molecule is C=CCc1cc(-c2nc3ccccc3c(=O)[nH]2)ccc1OC. The number of hydrogen-bond donors (Lipinski definition) is 1. The maximum absolute atomic E-state index is 12.2. The first-order valence-corrected chi connectivity index (χ1v) is 7.00. The molecule has 0 aliphatic carbocycles. The zero-order valence-corrected chi connectivity index (χ0v) is 12.3.